The van der Waals surface area contributed by atoms with Crippen LogP contribution in [0.5, 0.6) is 0 Å². The van der Waals surface area contributed by atoms with Crippen LogP contribution < -0.4 is 16.0 Å². The lowest BCUT2D eigenvalue weighted by Crippen LogP contribution is -2.47. The first-order valence-corrected chi connectivity index (χ1v) is 10.7. The molecule has 3 unspecified atom stereocenters. The third-order valence-corrected chi connectivity index (χ3v) is 5.58. The standard InChI is InChI=1S/C21H31ClN4O2.HI/c1-2-23-21(24-13-19(27)14-6-8-16(22)9-7-14)26-18-5-3-4-15(12-18)20(28)25-17-10-11-17;/h6-9,15,17-19,27H,2-5,10-13H2,1H3,(H,25,28)(H2,23,24,26);1H. The summed E-state index contributed by atoms with van der Waals surface area (Å²) < 4.78 is 0. The first kappa shape index (κ1) is 24.2. The molecule has 2 saturated carbocycles. The number of nitrogens with one attached hydrogen (secondary N) is 3. The molecular weight excluding hydrogens is 503 g/mol. The van der Waals surface area contributed by atoms with E-state index in [1.165, 1.54) is 0 Å². The van der Waals surface area contributed by atoms with E-state index >= 15 is 0 Å². The van der Waals surface area contributed by atoms with E-state index < -0.39 is 6.10 Å². The maximum absolute atomic E-state index is 12.4. The minimum Gasteiger partial charge on any atom is -0.386 e. The average molecular weight is 535 g/mol. The molecule has 29 heavy (non-hydrogen) atoms. The van der Waals surface area contributed by atoms with Crippen molar-refractivity contribution in [3.05, 3.63) is 34.9 Å². The molecule has 1 amide bonds. The van der Waals surface area contributed by atoms with Crippen molar-refractivity contribution in [2.24, 2.45) is 10.9 Å². The first-order chi connectivity index (χ1) is 13.5. The Morgan fingerprint density at radius 2 is 1.90 bits per heavy atom. The van der Waals surface area contributed by atoms with E-state index in [9.17, 15) is 9.90 Å². The summed E-state index contributed by atoms with van der Waals surface area (Å²) >= 11 is 5.90. The smallest absolute Gasteiger partial charge is 0.223 e. The summed E-state index contributed by atoms with van der Waals surface area (Å²) in [6.07, 6.45) is 5.39. The van der Waals surface area contributed by atoms with Gasteiger partial charge in [-0.15, -0.1) is 24.0 Å². The van der Waals surface area contributed by atoms with Gasteiger partial charge in [-0.25, -0.2) is 0 Å². The fraction of sp³-hybridized carbons (Fsp3) is 0.619. The zero-order valence-corrected chi connectivity index (χ0v) is 20.0. The molecule has 0 radical (unpaired) electrons. The number of carbonyl (C=O) groups excluding carboxylic acids is 1. The second-order valence-corrected chi connectivity index (χ2v) is 8.21. The van der Waals surface area contributed by atoms with Gasteiger partial charge in [-0.1, -0.05) is 30.2 Å². The van der Waals surface area contributed by atoms with Crippen LogP contribution in [0.3, 0.4) is 0 Å². The Morgan fingerprint density at radius 1 is 1.17 bits per heavy atom. The van der Waals surface area contributed by atoms with E-state index in [2.05, 4.69) is 20.9 Å². The largest absolute Gasteiger partial charge is 0.386 e. The molecule has 2 fully saturated rings. The molecule has 0 aliphatic heterocycles. The van der Waals surface area contributed by atoms with Crippen molar-refractivity contribution < 1.29 is 9.90 Å². The normalized spacial score (nSPS) is 22.9. The highest BCUT2D eigenvalue weighted by molar-refractivity contribution is 14.0. The van der Waals surface area contributed by atoms with Crippen molar-refractivity contribution in [2.75, 3.05) is 13.1 Å². The van der Waals surface area contributed by atoms with Gasteiger partial charge in [0.05, 0.1) is 12.6 Å². The number of hydrogen-bond acceptors (Lipinski definition) is 3. The van der Waals surface area contributed by atoms with Gasteiger partial charge >= 0.3 is 0 Å². The van der Waals surface area contributed by atoms with Crippen molar-refractivity contribution in [3.63, 3.8) is 0 Å². The summed E-state index contributed by atoms with van der Waals surface area (Å²) in [5.41, 5.74) is 0.790. The zero-order chi connectivity index (χ0) is 19.9. The van der Waals surface area contributed by atoms with Crippen molar-refractivity contribution in [1.82, 2.24) is 16.0 Å². The Kier molecular flexibility index (Phi) is 9.98. The molecule has 6 nitrogen and oxygen atoms in total. The Morgan fingerprint density at radius 3 is 2.55 bits per heavy atom. The molecule has 1 aromatic carbocycles. The number of aliphatic hydroxyl groups excluding tert-OH is 1. The number of hydrogen-bond donors (Lipinski definition) is 4. The molecule has 0 aromatic heterocycles. The number of benzene rings is 1. The van der Waals surface area contributed by atoms with Gasteiger partial charge in [-0.05, 0) is 56.7 Å². The van der Waals surface area contributed by atoms with E-state index in [-0.39, 0.29) is 48.4 Å². The maximum atomic E-state index is 12.4. The summed E-state index contributed by atoms with van der Waals surface area (Å²) in [6, 6.07) is 7.79. The van der Waals surface area contributed by atoms with Crippen LogP contribution in [-0.2, 0) is 4.79 Å². The maximum Gasteiger partial charge on any atom is 0.223 e. The number of halogens is 2. The van der Waals surface area contributed by atoms with E-state index in [1.54, 1.807) is 12.1 Å². The van der Waals surface area contributed by atoms with Gasteiger partial charge in [0, 0.05) is 29.6 Å². The van der Waals surface area contributed by atoms with E-state index in [0.717, 1.165) is 50.6 Å². The van der Waals surface area contributed by atoms with Crippen molar-refractivity contribution in [1.29, 1.82) is 0 Å². The quantitative estimate of drug-likeness (QED) is 0.245. The number of aliphatic hydroxyl groups is 1. The highest BCUT2D eigenvalue weighted by Gasteiger charge is 2.31. The Hall–Kier alpha value is -1.06. The highest BCUT2D eigenvalue weighted by atomic mass is 127. The molecule has 8 heteroatoms. The molecule has 0 heterocycles. The fourth-order valence-corrected chi connectivity index (χ4v) is 3.71. The number of guanidine groups is 1. The Labute approximate surface area is 195 Å². The predicted molar refractivity (Wildman–Crippen MR) is 128 cm³/mol. The van der Waals surface area contributed by atoms with Gasteiger partial charge in [-0.3, -0.25) is 9.79 Å². The summed E-state index contributed by atoms with van der Waals surface area (Å²) in [5.74, 6) is 0.965. The monoisotopic (exact) mass is 534 g/mol. The van der Waals surface area contributed by atoms with E-state index in [1.807, 2.05) is 19.1 Å². The molecule has 2 aliphatic carbocycles. The second-order valence-electron chi connectivity index (χ2n) is 7.77. The lowest BCUT2D eigenvalue weighted by atomic mass is 9.85. The van der Waals surface area contributed by atoms with E-state index in [0.29, 0.717) is 17.0 Å². The molecule has 4 N–H and O–H groups in total. The third-order valence-electron chi connectivity index (χ3n) is 5.33. The molecule has 3 rings (SSSR count). The molecule has 3 atom stereocenters. The predicted octanol–water partition coefficient (Wildman–Crippen LogP) is 3.38. The summed E-state index contributed by atoms with van der Waals surface area (Å²) in [7, 11) is 0. The van der Waals surface area contributed by atoms with Crippen LogP contribution in [0.15, 0.2) is 29.3 Å². The van der Waals surface area contributed by atoms with Crippen LogP contribution in [0.25, 0.3) is 0 Å². The lowest BCUT2D eigenvalue weighted by molar-refractivity contribution is -0.126. The van der Waals surface area contributed by atoms with Crippen molar-refractivity contribution in [3.8, 4) is 0 Å². The van der Waals surface area contributed by atoms with E-state index in [4.69, 9.17) is 11.6 Å². The summed E-state index contributed by atoms with van der Waals surface area (Å²) in [6.45, 7) is 3.01. The molecule has 1 aromatic rings. The zero-order valence-electron chi connectivity index (χ0n) is 16.9. The molecular formula is C21H32ClIN4O2. The topological polar surface area (TPSA) is 85.8 Å². The number of nitrogens with zero attached hydrogens (tertiary/aromatic N) is 1. The number of amides is 1. The fourth-order valence-electron chi connectivity index (χ4n) is 3.59. The van der Waals surface area contributed by atoms with Crippen LogP contribution in [0.1, 0.15) is 57.1 Å². The van der Waals surface area contributed by atoms with Crippen LogP contribution in [-0.4, -0.2) is 42.1 Å². The minimum absolute atomic E-state index is 0. The van der Waals surface area contributed by atoms with Gasteiger partial charge in [0.2, 0.25) is 5.91 Å². The van der Waals surface area contributed by atoms with Gasteiger partial charge < -0.3 is 21.1 Å². The summed E-state index contributed by atoms with van der Waals surface area (Å²) in [4.78, 5) is 16.9. The van der Waals surface area contributed by atoms with Gasteiger partial charge in [0.25, 0.3) is 0 Å². The molecule has 0 saturated heterocycles. The molecule has 0 spiro atoms. The number of aliphatic imine (C=N–C) groups is 1. The second kappa shape index (κ2) is 12.0. The molecule has 2 aliphatic rings. The lowest BCUT2D eigenvalue weighted by Gasteiger charge is -2.30. The van der Waals surface area contributed by atoms with Gasteiger partial charge in [0.1, 0.15) is 0 Å². The van der Waals surface area contributed by atoms with Crippen LogP contribution in [0.4, 0.5) is 0 Å². The van der Waals surface area contributed by atoms with Crippen LogP contribution in [0, 0.1) is 5.92 Å². The van der Waals surface area contributed by atoms with Crippen LogP contribution >= 0.6 is 35.6 Å². The van der Waals surface area contributed by atoms with Gasteiger partial charge in [-0.2, -0.15) is 0 Å². The SMILES string of the molecule is CCNC(=NCC(O)c1ccc(Cl)cc1)NC1CCCC(C(=O)NC2CC2)C1.I. The highest BCUT2D eigenvalue weighted by Crippen LogP contribution is 2.27. The number of rotatable bonds is 7. The van der Waals surface area contributed by atoms with Crippen molar-refractivity contribution >= 4 is 47.4 Å². The average Bonchev–Trinajstić information content (AvgIpc) is 3.51. The molecule has 0 bridgehead atoms. The third kappa shape index (κ3) is 7.94. The van der Waals surface area contributed by atoms with Crippen molar-refractivity contribution in [2.45, 2.75) is 63.6 Å². The molecule has 162 valence electrons. The van der Waals surface area contributed by atoms with Crippen LogP contribution in [0.2, 0.25) is 5.02 Å². The first-order valence-electron chi connectivity index (χ1n) is 10.3. The number of carbonyl (C=O) groups is 1. The minimum atomic E-state index is -0.684. The Bertz CT molecular complexity index is 682. The van der Waals surface area contributed by atoms with Gasteiger partial charge in [0.15, 0.2) is 5.96 Å². The Balaban J connectivity index is 0.00000300. The summed E-state index contributed by atoms with van der Waals surface area (Å²) in [5, 5.41) is 20.8.